The van der Waals surface area contributed by atoms with Gasteiger partial charge in [0.1, 0.15) is 0 Å². The minimum absolute atomic E-state index is 0.0398. The molecule has 6 nitrogen and oxygen atoms in total. The molecule has 0 unspecified atom stereocenters. The molecule has 25 heavy (non-hydrogen) atoms. The van der Waals surface area contributed by atoms with E-state index in [9.17, 15) is 9.59 Å². The van der Waals surface area contributed by atoms with E-state index in [2.05, 4.69) is 15.5 Å². The zero-order chi connectivity index (χ0) is 17.6. The van der Waals surface area contributed by atoms with E-state index >= 15 is 0 Å². The quantitative estimate of drug-likeness (QED) is 0.632. The molecule has 0 heterocycles. The van der Waals surface area contributed by atoms with Gasteiger partial charge in [-0.2, -0.15) is 10.2 Å². The van der Waals surface area contributed by atoms with Crippen LogP contribution in [0, 0.1) is 11.8 Å². The summed E-state index contributed by atoms with van der Waals surface area (Å²) in [7, 11) is 0. The third-order valence-corrected chi connectivity index (χ3v) is 3.95. The van der Waals surface area contributed by atoms with Gasteiger partial charge in [0.2, 0.25) is 0 Å². The fourth-order valence-electron chi connectivity index (χ4n) is 2.31. The second-order valence-electron chi connectivity index (χ2n) is 6.06. The Balaban J connectivity index is 1.47. The molecule has 0 spiro atoms. The topological polar surface area (TPSA) is 80.1 Å². The van der Waals surface area contributed by atoms with Crippen molar-refractivity contribution in [2.75, 3.05) is 11.9 Å². The zero-order valence-corrected chi connectivity index (χ0v) is 13.9. The van der Waals surface area contributed by atoms with E-state index in [0.29, 0.717) is 17.3 Å². The van der Waals surface area contributed by atoms with E-state index in [0.717, 1.165) is 12.1 Å². The Hall–Kier alpha value is -3.02. The standard InChI is InChI=1S/C19H19N3O3/c1-13-11-17(13)19(24)25-12-18(23)20-14-7-9-16(10-8-14)22-21-15-5-3-2-4-6-15/h2-10,13,17H,11-12H2,1H3,(H,20,23)/t13-,17-/m0/s1. The van der Waals surface area contributed by atoms with Crippen LogP contribution in [0.4, 0.5) is 17.1 Å². The number of azo groups is 1. The van der Waals surface area contributed by atoms with Gasteiger partial charge >= 0.3 is 5.97 Å². The van der Waals surface area contributed by atoms with Crippen molar-refractivity contribution in [1.29, 1.82) is 0 Å². The Kier molecular flexibility index (Phi) is 5.18. The smallest absolute Gasteiger partial charge is 0.309 e. The van der Waals surface area contributed by atoms with Gasteiger partial charge in [0.15, 0.2) is 6.61 Å². The number of rotatable bonds is 6. The van der Waals surface area contributed by atoms with Crippen LogP contribution in [0.5, 0.6) is 0 Å². The number of nitrogens with one attached hydrogen (secondary N) is 1. The van der Waals surface area contributed by atoms with Crippen molar-refractivity contribution in [1.82, 2.24) is 0 Å². The third-order valence-electron chi connectivity index (χ3n) is 3.95. The number of hydrogen-bond acceptors (Lipinski definition) is 5. The summed E-state index contributed by atoms with van der Waals surface area (Å²) in [6.45, 7) is 1.72. The second-order valence-corrected chi connectivity index (χ2v) is 6.06. The molecule has 0 radical (unpaired) electrons. The number of benzene rings is 2. The summed E-state index contributed by atoms with van der Waals surface area (Å²) in [6.07, 6.45) is 0.847. The van der Waals surface area contributed by atoms with Gasteiger partial charge in [-0.05, 0) is 48.7 Å². The molecule has 3 rings (SSSR count). The second kappa shape index (κ2) is 7.70. The van der Waals surface area contributed by atoms with Crippen molar-refractivity contribution in [2.45, 2.75) is 13.3 Å². The maximum Gasteiger partial charge on any atom is 0.309 e. The monoisotopic (exact) mass is 337 g/mol. The van der Waals surface area contributed by atoms with E-state index in [4.69, 9.17) is 4.74 Å². The van der Waals surface area contributed by atoms with Crippen LogP contribution in [-0.2, 0) is 14.3 Å². The van der Waals surface area contributed by atoms with Crippen molar-refractivity contribution >= 4 is 28.9 Å². The fourth-order valence-corrected chi connectivity index (χ4v) is 2.31. The molecule has 1 aliphatic rings. The van der Waals surface area contributed by atoms with Gasteiger partial charge in [0.25, 0.3) is 5.91 Å². The number of nitrogens with zero attached hydrogens (tertiary/aromatic N) is 2. The summed E-state index contributed by atoms with van der Waals surface area (Å²) in [5.41, 5.74) is 2.06. The maximum absolute atomic E-state index is 11.8. The molecule has 1 amide bonds. The van der Waals surface area contributed by atoms with Gasteiger partial charge in [0, 0.05) is 5.69 Å². The molecule has 0 aromatic heterocycles. The highest BCUT2D eigenvalue weighted by Gasteiger charge is 2.40. The average molecular weight is 337 g/mol. The molecule has 1 aliphatic carbocycles. The van der Waals surface area contributed by atoms with Crippen LogP contribution in [0.15, 0.2) is 64.8 Å². The highest BCUT2D eigenvalue weighted by atomic mass is 16.5. The van der Waals surface area contributed by atoms with E-state index in [1.54, 1.807) is 24.3 Å². The van der Waals surface area contributed by atoms with Gasteiger partial charge in [-0.25, -0.2) is 0 Å². The normalized spacial score (nSPS) is 18.8. The van der Waals surface area contributed by atoms with E-state index in [1.165, 1.54) is 0 Å². The number of carbonyl (C=O) groups is 2. The van der Waals surface area contributed by atoms with Crippen molar-refractivity contribution in [3.63, 3.8) is 0 Å². The number of hydrogen-bond donors (Lipinski definition) is 1. The van der Waals surface area contributed by atoms with E-state index in [-0.39, 0.29) is 24.4 Å². The molecule has 2 aromatic carbocycles. The van der Waals surface area contributed by atoms with Gasteiger partial charge in [-0.1, -0.05) is 25.1 Å². The highest BCUT2D eigenvalue weighted by molar-refractivity contribution is 5.93. The highest BCUT2D eigenvalue weighted by Crippen LogP contribution is 2.38. The number of ether oxygens (including phenoxy) is 1. The van der Waals surface area contributed by atoms with Crippen LogP contribution in [0.3, 0.4) is 0 Å². The third kappa shape index (κ3) is 4.97. The van der Waals surface area contributed by atoms with Crippen LogP contribution < -0.4 is 5.32 Å². The van der Waals surface area contributed by atoms with Crippen LogP contribution in [0.2, 0.25) is 0 Å². The number of carbonyl (C=O) groups excluding carboxylic acids is 2. The Labute approximate surface area is 145 Å². The lowest BCUT2D eigenvalue weighted by molar-refractivity contribution is -0.148. The Morgan fingerprint density at radius 3 is 2.24 bits per heavy atom. The van der Waals surface area contributed by atoms with Crippen molar-refractivity contribution in [2.24, 2.45) is 22.1 Å². The largest absolute Gasteiger partial charge is 0.455 e. The van der Waals surface area contributed by atoms with Crippen LogP contribution >= 0.6 is 0 Å². The predicted molar refractivity (Wildman–Crippen MR) is 93.9 cm³/mol. The Morgan fingerprint density at radius 2 is 1.64 bits per heavy atom. The van der Waals surface area contributed by atoms with Gasteiger partial charge < -0.3 is 10.1 Å². The van der Waals surface area contributed by atoms with Crippen LogP contribution in [0.25, 0.3) is 0 Å². The summed E-state index contributed by atoms with van der Waals surface area (Å²) in [5, 5.41) is 10.9. The van der Waals surface area contributed by atoms with Crippen LogP contribution in [-0.4, -0.2) is 18.5 Å². The molecule has 1 fully saturated rings. The minimum Gasteiger partial charge on any atom is -0.455 e. The lowest BCUT2D eigenvalue weighted by atomic mass is 10.3. The first-order valence-corrected chi connectivity index (χ1v) is 8.15. The van der Waals surface area contributed by atoms with E-state index < -0.39 is 0 Å². The first kappa shape index (κ1) is 16.8. The summed E-state index contributed by atoms with van der Waals surface area (Å²) >= 11 is 0. The molecular formula is C19H19N3O3. The van der Waals surface area contributed by atoms with Crippen molar-refractivity contribution < 1.29 is 14.3 Å². The summed E-state index contributed by atoms with van der Waals surface area (Å²) in [5.74, 6) is -0.324. The lowest BCUT2D eigenvalue weighted by Gasteiger charge is -2.06. The van der Waals surface area contributed by atoms with E-state index in [1.807, 2.05) is 37.3 Å². The number of amides is 1. The minimum atomic E-state index is -0.361. The molecule has 0 bridgehead atoms. The molecule has 2 atom stereocenters. The fraction of sp³-hybridized carbons (Fsp3) is 0.263. The molecule has 0 saturated heterocycles. The van der Waals surface area contributed by atoms with Crippen molar-refractivity contribution in [3.8, 4) is 0 Å². The zero-order valence-electron chi connectivity index (χ0n) is 13.9. The molecule has 1 saturated carbocycles. The predicted octanol–water partition coefficient (Wildman–Crippen LogP) is 4.24. The number of esters is 1. The molecule has 6 heteroatoms. The summed E-state index contributed by atoms with van der Waals surface area (Å²) in [4.78, 5) is 23.4. The molecule has 1 N–H and O–H groups in total. The van der Waals surface area contributed by atoms with Crippen LogP contribution in [0.1, 0.15) is 13.3 Å². The summed E-state index contributed by atoms with van der Waals surface area (Å²) < 4.78 is 5.00. The lowest BCUT2D eigenvalue weighted by Crippen LogP contribution is -2.21. The molecule has 0 aliphatic heterocycles. The first-order valence-electron chi connectivity index (χ1n) is 8.15. The van der Waals surface area contributed by atoms with Crippen molar-refractivity contribution in [3.05, 3.63) is 54.6 Å². The first-order chi connectivity index (χ1) is 12.1. The average Bonchev–Trinajstić information content (AvgIpc) is 3.37. The molecular weight excluding hydrogens is 318 g/mol. The maximum atomic E-state index is 11.8. The Bertz CT molecular complexity index is 772. The summed E-state index contributed by atoms with van der Waals surface area (Å²) in [6, 6.07) is 16.4. The van der Waals surface area contributed by atoms with Gasteiger partial charge in [0.05, 0.1) is 17.3 Å². The molecule has 2 aromatic rings. The Morgan fingerprint density at radius 1 is 1.04 bits per heavy atom. The SMILES string of the molecule is C[C@H]1C[C@@H]1C(=O)OCC(=O)Nc1ccc(N=Nc2ccccc2)cc1. The molecule has 128 valence electrons. The van der Waals surface area contributed by atoms with Gasteiger partial charge in [-0.3, -0.25) is 9.59 Å². The number of anilines is 1. The van der Waals surface area contributed by atoms with Gasteiger partial charge in [-0.15, -0.1) is 0 Å².